The van der Waals surface area contributed by atoms with Crippen LogP contribution in [-0.4, -0.2) is 24.8 Å². The van der Waals surface area contributed by atoms with E-state index in [1.165, 1.54) is 32.2 Å². The van der Waals surface area contributed by atoms with Crippen LogP contribution in [0.3, 0.4) is 0 Å². The first-order valence-electron chi connectivity index (χ1n) is 5.66. The molecule has 0 aromatic carbocycles. The molecule has 1 saturated carbocycles. The molecule has 13 heavy (non-hydrogen) atoms. The Morgan fingerprint density at radius 3 is 2.54 bits per heavy atom. The zero-order valence-electron chi connectivity index (χ0n) is 8.76. The summed E-state index contributed by atoms with van der Waals surface area (Å²) in [5, 5.41) is 12.1. The Labute approximate surface area is 81.7 Å². The molecule has 0 heterocycles. The fourth-order valence-corrected chi connectivity index (χ4v) is 1.69. The minimum Gasteiger partial charge on any atom is -0.396 e. The summed E-state index contributed by atoms with van der Waals surface area (Å²) in [5.74, 6) is 1.94. The second kappa shape index (κ2) is 6.39. The van der Waals surface area contributed by atoms with Gasteiger partial charge in [-0.2, -0.15) is 0 Å². The van der Waals surface area contributed by atoms with Crippen LogP contribution < -0.4 is 5.32 Å². The second-order valence-electron chi connectivity index (χ2n) is 4.32. The molecule has 1 fully saturated rings. The Balaban J connectivity index is 1.69. The van der Waals surface area contributed by atoms with Crippen LogP contribution in [-0.2, 0) is 0 Å². The van der Waals surface area contributed by atoms with Crippen molar-refractivity contribution in [2.45, 2.75) is 39.0 Å². The normalized spacial score (nSPS) is 26.3. The van der Waals surface area contributed by atoms with Crippen molar-refractivity contribution in [2.75, 3.05) is 19.7 Å². The quantitative estimate of drug-likeness (QED) is 0.565. The van der Waals surface area contributed by atoms with Crippen molar-refractivity contribution in [2.24, 2.45) is 11.8 Å². The molecule has 2 N–H and O–H groups in total. The predicted molar refractivity (Wildman–Crippen MR) is 55.7 cm³/mol. The lowest BCUT2D eigenvalue weighted by Crippen LogP contribution is -2.18. The van der Waals surface area contributed by atoms with Gasteiger partial charge in [0.2, 0.25) is 0 Å². The maximum absolute atomic E-state index is 8.56. The maximum Gasteiger partial charge on any atom is 0.0431 e. The molecule has 0 aliphatic heterocycles. The summed E-state index contributed by atoms with van der Waals surface area (Å²) in [6.45, 7) is 5.07. The van der Waals surface area contributed by atoms with Crippen molar-refractivity contribution in [3.05, 3.63) is 0 Å². The van der Waals surface area contributed by atoms with Gasteiger partial charge in [-0.3, -0.25) is 0 Å². The highest BCUT2D eigenvalue weighted by Crippen LogP contribution is 2.36. The van der Waals surface area contributed by atoms with Gasteiger partial charge in [0, 0.05) is 6.61 Å². The van der Waals surface area contributed by atoms with E-state index < -0.39 is 0 Å². The van der Waals surface area contributed by atoms with Gasteiger partial charge in [-0.15, -0.1) is 0 Å². The average molecular weight is 185 g/mol. The van der Waals surface area contributed by atoms with Gasteiger partial charge in [0.25, 0.3) is 0 Å². The van der Waals surface area contributed by atoms with Gasteiger partial charge < -0.3 is 10.4 Å². The number of aliphatic hydroxyl groups is 1. The minimum atomic E-state index is 0.354. The number of unbranched alkanes of at least 4 members (excludes halogenated alkanes) is 3. The molecule has 0 amide bonds. The van der Waals surface area contributed by atoms with Crippen LogP contribution in [0, 0.1) is 11.8 Å². The van der Waals surface area contributed by atoms with Crippen LogP contribution in [0.15, 0.2) is 0 Å². The van der Waals surface area contributed by atoms with Crippen LogP contribution in [0.1, 0.15) is 39.0 Å². The molecule has 2 unspecified atom stereocenters. The fourth-order valence-electron chi connectivity index (χ4n) is 1.69. The molecule has 1 aliphatic carbocycles. The largest absolute Gasteiger partial charge is 0.396 e. The van der Waals surface area contributed by atoms with Gasteiger partial charge >= 0.3 is 0 Å². The van der Waals surface area contributed by atoms with Crippen molar-refractivity contribution in [1.29, 1.82) is 0 Å². The third-order valence-corrected chi connectivity index (χ3v) is 2.94. The summed E-state index contributed by atoms with van der Waals surface area (Å²) in [6.07, 6.45) is 6.10. The Bertz CT molecular complexity index is 127. The summed E-state index contributed by atoms with van der Waals surface area (Å²) in [5.41, 5.74) is 0. The predicted octanol–water partition coefficient (Wildman–Crippen LogP) is 1.78. The highest BCUT2D eigenvalue weighted by Gasteiger charge is 2.31. The van der Waals surface area contributed by atoms with Crippen molar-refractivity contribution in [3.8, 4) is 0 Å². The molecular formula is C11H23NO. The van der Waals surface area contributed by atoms with Crippen LogP contribution in [0.5, 0.6) is 0 Å². The minimum absolute atomic E-state index is 0.354. The summed E-state index contributed by atoms with van der Waals surface area (Å²) in [4.78, 5) is 0. The van der Waals surface area contributed by atoms with E-state index in [-0.39, 0.29) is 0 Å². The molecular weight excluding hydrogens is 162 g/mol. The molecule has 2 nitrogen and oxygen atoms in total. The molecule has 2 atom stereocenters. The number of hydrogen-bond acceptors (Lipinski definition) is 2. The number of rotatable bonds is 8. The molecule has 0 radical (unpaired) electrons. The van der Waals surface area contributed by atoms with E-state index >= 15 is 0 Å². The number of hydrogen-bond donors (Lipinski definition) is 2. The zero-order valence-corrected chi connectivity index (χ0v) is 8.76. The van der Waals surface area contributed by atoms with Gasteiger partial charge in [0.1, 0.15) is 0 Å². The van der Waals surface area contributed by atoms with E-state index in [0.717, 1.165) is 24.8 Å². The Kier molecular flexibility index (Phi) is 5.40. The molecule has 0 bridgehead atoms. The number of nitrogens with one attached hydrogen (secondary N) is 1. The highest BCUT2D eigenvalue weighted by atomic mass is 16.2. The van der Waals surface area contributed by atoms with Crippen LogP contribution in [0.25, 0.3) is 0 Å². The molecule has 0 aromatic rings. The van der Waals surface area contributed by atoms with E-state index in [1.807, 2.05) is 0 Å². The molecule has 78 valence electrons. The lowest BCUT2D eigenvalue weighted by Gasteiger charge is -2.03. The second-order valence-corrected chi connectivity index (χ2v) is 4.32. The van der Waals surface area contributed by atoms with Crippen molar-refractivity contribution >= 4 is 0 Å². The molecule has 0 saturated heterocycles. The Morgan fingerprint density at radius 2 is 1.92 bits per heavy atom. The first-order valence-corrected chi connectivity index (χ1v) is 5.66. The van der Waals surface area contributed by atoms with E-state index in [4.69, 9.17) is 5.11 Å². The summed E-state index contributed by atoms with van der Waals surface area (Å²) in [6, 6.07) is 0. The van der Waals surface area contributed by atoms with Crippen LogP contribution >= 0.6 is 0 Å². The standard InChI is InChI=1S/C11H23NO/c1-10-8-11(10)9-12-6-4-2-3-5-7-13/h10-13H,2-9H2,1H3. The summed E-state index contributed by atoms with van der Waals surface area (Å²) in [7, 11) is 0. The third kappa shape index (κ3) is 5.27. The average Bonchev–Trinajstić information content (AvgIpc) is 2.81. The van der Waals surface area contributed by atoms with Gasteiger partial charge in [-0.25, -0.2) is 0 Å². The molecule has 2 heteroatoms. The smallest absolute Gasteiger partial charge is 0.0431 e. The Morgan fingerprint density at radius 1 is 1.23 bits per heavy atom. The van der Waals surface area contributed by atoms with Crippen molar-refractivity contribution in [3.63, 3.8) is 0 Å². The summed E-state index contributed by atoms with van der Waals surface area (Å²) >= 11 is 0. The van der Waals surface area contributed by atoms with E-state index in [2.05, 4.69) is 12.2 Å². The molecule has 0 spiro atoms. The van der Waals surface area contributed by atoms with Gasteiger partial charge in [0.05, 0.1) is 0 Å². The maximum atomic E-state index is 8.56. The van der Waals surface area contributed by atoms with Crippen molar-refractivity contribution in [1.82, 2.24) is 5.32 Å². The molecule has 0 aromatic heterocycles. The molecule has 1 rings (SSSR count). The number of aliphatic hydroxyl groups excluding tert-OH is 1. The highest BCUT2D eigenvalue weighted by molar-refractivity contribution is 4.83. The zero-order chi connectivity index (χ0) is 9.52. The topological polar surface area (TPSA) is 32.3 Å². The molecule has 1 aliphatic rings. The van der Waals surface area contributed by atoms with Crippen LogP contribution in [0.2, 0.25) is 0 Å². The van der Waals surface area contributed by atoms with Gasteiger partial charge in [0.15, 0.2) is 0 Å². The Hall–Kier alpha value is -0.0800. The summed E-state index contributed by atoms with van der Waals surface area (Å²) < 4.78 is 0. The van der Waals surface area contributed by atoms with Gasteiger partial charge in [-0.05, 0) is 44.2 Å². The van der Waals surface area contributed by atoms with E-state index in [1.54, 1.807) is 0 Å². The van der Waals surface area contributed by atoms with Crippen molar-refractivity contribution < 1.29 is 5.11 Å². The SMILES string of the molecule is CC1CC1CNCCCCCCO. The lowest BCUT2D eigenvalue weighted by atomic mass is 10.2. The fraction of sp³-hybridized carbons (Fsp3) is 1.00. The van der Waals surface area contributed by atoms with Crippen LogP contribution in [0.4, 0.5) is 0 Å². The monoisotopic (exact) mass is 185 g/mol. The van der Waals surface area contributed by atoms with Gasteiger partial charge in [-0.1, -0.05) is 19.8 Å². The van der Waals surface area contributed by atoms with E-state index in [0.29, 0.717) is 6.61 Å². The first kappa shape index (κ1) is 11.0. The van der Waals surface area contributed by atoms with E-state index in [9.17, 15) is 0 Å². The first-order chi connectivity index (χ1) is 6.34. The third-order valence-electron chi connectivity index (χ3n) is 2.94. The lowest BCUT2D eigenvalue weighted by molar-refractivity contribution is 0.282.